The molecule has 1 fully saturated rings. The van der Waals surface area contributed by atoms with E-state index in [4.69, 9.17) is 0 Å². The fourth-order valence-electron chi connectivity index (χ4n) is 3.35. The van der Waals surface area contributed by atoms with Crippen LogP contribution in [0.3, 0.4) is 0 Å². The molecule has 0 radical (unpaired) electrons. The summed E-state index contributed by atoms with van der Waals surface area (Å²) in [7, 11) is -1.79. The van der Waals surface area contributed by atoms with E-state index in [2.05, 4.69) is 10.00 Å². The van der Waals surface area contributed by atoms with Gasteiger partial charge in [-0.3, -0.25) is 9.48 Å². The van der Waals surface area contributed by atoms with Gasteiger partial charge in [0.25, 0.3) is 0 Å². The smallest absolute Gasteiger partial charge is 0.246 e. The lowest BCUT2D eigenvalue weighted by Crippen LogP contribution is -2.48. The van der Waals surface area contributed by atoms with Gasteiger partial charge < -0.3 is 4.90 Å². The van der Waals surface area contributed by atoms with Gasteiger partial charge in [-0.05, 0) is 45.0 Å². The molecular formula is C18H24N4O3S. The van der Waals surface area contributed by atoms with Crippen molar-refractivity contribution in [1.82, 2.24) is 14.1 Å². The number of carbonyl (C=O) groups is 1. The third-order valence-electron chi connectivity index (χ3n) is 4.92. The summed E-state index contributed by atoms with van der Waals surface area (Å²) >= 11 is 0. The topological polar surface area (TPSA) is 75.5 Å². The minimum atomic E-state index is -3.55. The predicted octanol–water partition coefficient (Wildman–Crippen LogP) is 1.75. The van der Waals surface area contributed by atoms with Crippen molar-refractivity contribution in [3.63, 3.8) is 0 Å². The number of carbonyl (C=O) groups excluding carboxylic acids is 1. The number of hydrogen-bond donors (Lipinski definition) is 0. The molecule has 0 unspecified atom stereocenters. The summed E-state index contributed by atoms with van der Waals surface area (Å²) in [5.41, 5.74) is 2.87. The number of Topliss-reactive ketones (excluding diaryl/α,β-unsaturated/α-hetero) is 1. The predicted molar refractivity (Wildman–Crippen MR) is 100 cm³/mol. The van der Waals surface area contributed by atoms with Gasteiger partial charge in [0.05, 0.1) is 11.4 Å². The summed E-state index contributed by atoms with van der Waals surface area (Å²) in [5, 5.41) is 4.23. The van der Waals surface area contributed by atoms with Gasteiger partial charge in [0.15, 0.2) is 5.78 Å². The van der Waals surface area contributed by atoms with Gasteiger partial charge in [0.2, 0.25) is 10.0 Å². The zero-order chi connectivity index (χ0) is 19.1. The van der Waals surface area contributed by atoms with Gasteiger partial charge >= 0.3 is 0 Å². The average molecular weight is 376 g/mol. The van der Waals surface area contributed by atoms with Gasteiger partial charge in [-0.2, -0.15) is 9.40 Å². The SMILES string of the molecule is CC(=O)c1ccc(N2CCN(S(=O)(=O)c3c(C)nn(C)c3C)CC2)cc1. The number of aromatic nitrogens is 2. The first-order valence-electron chi connectivity index (χ1n) is 8.58. The van der Waals surface area contributed by atoms with Crippen LogP contribution in [0.25, 0.3) is 0 Å². The number of ketones is 1. The van der Waals surface area contributed by atoms with Crippen LogP contribution in [0.2, 0.25) is 0 Å². The summed E-state index contributed by atoms with van der Waals surface area (Å²) in [4.78, 5) is 13.8. The van der Waals surface area contributed by atoms with Crippen molar-refractivity contribution < 1.29 is 13.2 Å². The molecule has 2 heterocycles. The number of benzene rings is 1. The van der Waals surface area contributed by atoms with Gasteiger partial charge in [0.1, 0.15) is 4.90 Å². The van der Waals surface area contributed by atoms with Gasteiger partial charge in [-0.1, -0.05) is 0 Å². The Bertz CT molecular complexity index is 924. The van der Waals surface area contributed by atoms with Gasteiger partial charge in [0, 0.05) is 44.5 Å². The summed E-state index contributed by atoms with van der Waals surface area (Å²) in [6, 6.07) is 7.44. The number of anilines is 1. The molecule has 0 saturated carbocycles. The van der Waals surface area contributed by atoms with E-state index < -0.39 is 10.0 Å². The van der Waals surface area contributed by atoms with E-state index in [1.807, 2.05) is 24.3 Å². The molecule has 0 atom stereocenters. The highest BCUT2D eigenvalue weighted by Gasteiger charge is 2.32. The van der Waals surface area contributed by atoms with E-state index in [0.29, 0.717) is 48.0 Å². The Morgan fingerprint density at radius 3 is 2.08 bits per heavy atom. The van der Waals surface area contributed by atoms with E-state index in [-0.39, 0.29) is 5.78 Å². The highest BCUT2D eigenvalue weighted by molar-refractivity contribution is 7.89. The first-order chi connectivity index (χ1) is 12.2. The maximum atomic E-state index is 13.0. The standard InChI is InChI=1S/C18H24N4O3S/c1-13-18(14(2)20(4)19-13)26(24,25)22-11-9-21(10-12-22)17-7-5-16(6-8-17)15(3)23/h5-8H,9-12H2,1-4H3. The summed E-state index contributed by atoms with van der Waals surface area (Å²) < 4.78 is 29.2. The fraction of sp³-hybridized carbons (Fsp3) is 0.444. The summed E-state index contributed by atoms with van der Waals surface area (Å²) in [6.45, 7) is 7.11. The van der Waals surface area contributed by atoms with Crippen LogP contribution in [0.1, 0.15) is 28.7 Å². The van der Waals surface area contributed by atoms with E-state index >= 15 is 0 Å². The van der Waals surface area contributed by atoms with Crippen LogP contribution in [0.5, 0.6) is 0 Å². The largest absolute Gasteiger partial charge is 0.369 e. The summed E-state index contributed by atoms with van der Waals surface area (Å²) in [6.07, 6.45) is 0. The van der Waals surface area contributed by atoms with Crippen LogP contribution in [0.15, 0.2) is 29.2 Å². The quantitative estimate of drug-likeness (QED) is 0.760. The molecule has 1 aliphatic rings. The van der Waals surface area contributed by atoms with Crippen molar-refractivity contribution in [2.24, 2.45) is 7.05 Å². The minimum Gasteiger partial charge on any atom is -0.369 e. The van der Waals surface area contributed by atoms with E-state index in [9.17, 15) is 13.2 Å². The lowest BCUT2D eigenvalue weighted by molar-refractivity contribution is 0.101. The molecule has 3 rings (SSSR count). The lowest BCUT2D eigenvalue weighted by atomic mass is 10.1. The number of rotatable bonds is 4. The van der Waals surface area contributed by atoms with Crippen LogP contribution >= 0.6 is 0 Å². The van der Waals surface area contributed by atoms with Crippen molar-refractivity contribution in [3.8, 4) is 0 Å². The van der Waals surface area contributed by atoms with Crippen LogP contribution in [0, 0.1) is 13.8 Å². The molecule has 0 bridgehead atoms. The van der Waals surface area contributed by atoms with Crippen molar-refractivity contribution in [2.75, 3.05) is 31.1 Å². The molecule has 26 heavy (non-hydrogen) atoms. The zero-order valence-corrected chi connectivity index (χ0v) is 16.4. The van der Waals surface area contributed by atoms with Gasteiger partial charge in [-0.15, -0.1) is 0 Å². The maximum absolute atomic E-state index is 13.0. The Morgan fingerprint density at radius 1 is 1.04 bits per heavy atom. The van der Waals surface area contributed by atoms with E-state index in [1.54, 1.807) is 32.5 Å². The average Bonchev–Trinajstić information content (AvgIpc) is 2.87. The number of nitrogens with zero attached hydrogens (tertiary/aromatic N) is 4. The van der Waals surface area contributed by atoms with Crippen LogP contribution in [0.4, 0.5) is 5.69 Å². The zero-order valence-electron chi connectivity index (χ0n) is 15.6. The Hall–Kier alpha value is -2.19. The molecular weight excluding hydrogens is 352 g/mol. The van der Waals surface area contributed by atoms with E-state index in [1.165, 1.54) is 4.31 Å². The Labute approximate surface area is 154 Å². The molecule has 0 N–H and O–H groups in total. The fourth-order valence-corrected chi connectivity index (χ4v) is 5.17. The van der Waals surface area contributed by atoms with Crippen molar-refractivity contribution in [1.29, 1.82) is 0 Å². The van der Waals surface area contributed by atoms with Crippen molar-refractivity contribution in [3.05, 3.63) is 41.2 Å². The molecule has 1 aromatic heterocycles. The van der Waals surface area contributed by atoms with Gasteiger partial charge in [-0.25, -0.2) is 8.42 Å². The number of sulfonamides is 1. The van der Waals surface area contributed by atoms with Crippen LogP contribution in [-0.4, -0.2) is 54.5 Å². The Kier molecular flexibility index (Phi) is 4.90. The number of hydrogen-bond acceptors (Lipinski definition) is 5. The second kappa shape index (κ2) is 6.85. The van der Waals surface area contributed by atoms with Crippen LogP contribution in [-0.2, 0) is 17.1 Å². The molecule has 0 amide bonds. The lowest BCUT2D eigenvalue weighted by Gasteiger charge is -2.35. The van der Waals surface area contributed by atoms with E-state index in [0.717, 1.165) is 5.69 Å². The molecule has 1 aromatic carbocycles. The maximum Gasteiger partial charge on any atom is 0.246 e. The molecule has 7 nitrogen and oxygen atoms in total. The molecule has 8 heteroatoms. The Balaban J connectivity index is 1.74. The monoisotopic (exact) mass is 376 g/mol. The second-order valence-corrected chi connectivity index (χ2v) is 8.49. The first kappa shape index (κ1) is 18.6. The molecule has 0 spiro atoms. The molecule has 2 aromatic rings. The molecule has 0 aliphatic carbocycles. The van der Waals surface area contributed by atoms with Crippen LogP contribution < -0.4 is 4.90 Å². The molecule has 140 valence electrons. The first-order valence-corrected chi connectivity index (χ1v) is 10.0. The third kappa shape index (κ3) is 3.26. The molecule has 1 saturated heterocycles. The Morgan fingerprint density at radius 2 is 1.62 bits per heavy atom. The highest BCUT2D eigenvalue weighted by atomic mass is 32.2. The second-order valence-electron chi connectivity index (χ2n) is 6.62. The molecule has 1 aliphatic heterocycles. The highest BCUT2D eigenvalue weighted by Crippen LogP contribution is 2.25. The normalized spacial score (nSPS) is 16.1. The minimum absolute atomic E-state index is 0.0367. The number of piperazine rings is 1. The van der Waals surface area contributed by atoms with Crippen molar-refractivity contribution in [2.45, 2.75) is 25.7 Å². The van der Waals surface area contributed by atoms with Crippen molar-refractivity contribution >= 4 is 21.5 Å². The number of aryl methyl sites for hydroxylation is 2. The summed E-state index contributed by atoms with van der Waals surface area (Å²) in [5.74, 6) is 0.0367. The third-order valence-corrected chi connectivity index (χ3v) is 7.07.